The second-order valence-corrected chi connectivity index (χ2v) is 8.80. The number of aromatic nitrogens is 2. The molecule has 5 rings (SSSR count). The van der Waals surface area contributed by atoms with Crippen LogP contribution in [0.4, 0.5) is 5.69 Å². The molecule has 1 aromatic heterocycles. The molecule has 176 valence electrons. The van der Waals surface area contributed by atoms with Gasteiger partial charge in [0.25, 0.3) is 11.6 Å². The zero-order valence-corrected chi connectivity index (χ0v) is 19.2. The van der Waals surface area contributed by atoms with Crippen molar-refractivity contribution < 1.29 is 19.2 Å². The molecule has 3 heterocycles. The normalized spacial score (nSPS) is 17.3. The zero-order chi connectivity index (χ0) is 23.9. The van der Waals surface area contributed by atoms with E-state index in [4.69, 9.17) is 14.6 Å². The first-order valence-corrected chi connectivity index (χ1v) is 11.3. The maximum Gasteiger partial charge on any atom is 0.272 e. The highest BCUT2D eigenvalue weighted by atomic mass is 16.7. The van der Waals surface area contributed by atoms with Crippen molar-refractivity contribution >= 4 is 11.6 Å². The summed E-state index contributed by atoms with van der Waals surface area (Å²) < 4.78 is 13.1. The lowest BCUT2D eigenvalue weighted by atomic mass is 10.0. The number of piperidine rings is 1. The molecule has 2 fully saturated rings. The highest BCUT2D eigenvalue weighted by Crippen LogP contribution is 2.32. The molecule has 0 bridgehead atoms. The predicted octanol–water partition coefficient (Wildman–Crippen LogP) is 4.04. The molecular weight excluding hydrogens is 436 g/mol. The first-order chi connectivity index (χ1) is 16.3. The van der Waals surface area contributed by atoms with Crippen LogP contribution in [0.3, 0.4) is 0 Å². The smallest absolute Gasteiger partial charge is 0.272 e. The average Bonchev–Trinajstić information content (AvgIpc) is 3.49. The number of amides is 1. The Morgan fingerprint density at radius 1 is 1.03 bits per heavy atom. The van der Waals surface area contributed by atoms with Crippen LogP contribution in [0.15, 0.2) is 48.5 Å². The highest BCUT2D eigenvalue weighted by molar-refractivity contribution is 5.94. The van der Waals surface area contributed by atoms with Gasteiger partial charge in [-0.3, -0.25) is 14.9 Å². The summed E-state index contributed by atoms with van der Waals surface area (Å²) in [4.78, 5) is 26.3. The molecule has 2 aliphatic rings. The SMILES string of the molecule is Cc1ccc(-c2cc(C(=O)N3CCC4(CC3)OCCO4)n(-c3cccc([N+](=O)[O-])c3)n2)cc1C. The van der Waals surface area contributed by atoms with Crippen LogP contribution in [-0.4, -0.2) is 57.6 Å². The van der Waals surface area contributed by atoms with Gasteiger partial charge in [0, 0.05) is 43.6 Å². The predicted molar refractivity (Wildman–Crippen MR) is 125 cm³/mol. The van der Waals surface area contributed by atoms with Crippen molar-refractivity contribution in [1.82, 2.24) is 14.7 Å². The van der Waals surface area contributed by atoms with Gasteiger partial charge in [-0.05, 0) is 43.2 Å². The molecule has 0 atom stereocenters. The number of aryl methyl sites for hydroxylation is 2. The number of hydrogen-bond acceptors (Lipinski definition) is 6. The van der Waals surface area contributed by atoms with Crippen molar-refractivity contribution in [2.75, 3.05) is 26.3 Å². The molecule has 0 N–H and O–H groups in total. The summed E-state index contributed by atoms with van der Waals surface area (Å²) >= 11 is 0. The third-order valence-electron chi connectivity index (χ3n) is 6.64. The quantitative estimate of drug-likeness (QED) is 0.429. The van der Waals surface area contributed by atoms with Gasteiger partial charge in [-0.15, -0.1) is 0 Å². The summed E-state index contributed by atoms with van der Waals surface area (Å²) in [6.45, 7) is 6.21. The molecule has 9 heteroatoms. The minimum Gasteiger partial charge on any atom is -0.347 e. The largest absolute Gasteiger partial charge is 0.347 e. The maximum atomic E-state index is 13.6. The van der Waals surface area contributed by atoms with Crippen LogP contribution in [-0.2, 0) is 9.47 Å². The summed E-state index contributed by atoms with van der Waals surface area (Å²) in [6.07, 6.45) is 1.21. The van der Waals surface area contributed by atoms with Gasteiger partial charge < -0.3 is 14.4 Å². The minimum absolute atomic E-state index is 0.0606. The van der Waals surface area contributed by atoms with Gasteiger partial charge in [0.15, 0.2) is 5.79 Å². The van der Waals surface area contributed by atoms with Crippen molar-refractivity contribution in [3.8, 4) is 16.9 Å². The van der Waals surface area contributed by atoms with Crippen LogP contribution in [0.2, 0.25) is 0 Å². The number of nitro groups is 1. The molecule has 9 nitrogen and oxygen atoms in total. The number of carbonyl (C=O) groups is 1. The third-order valence-corrected chi connectivity index (χ3v) is 6.64. The lowest BCUT2D eigenvalue weighted by Gasteiger charge is -2.37. The first-order valence-electron chi connectivity index (χ1n) is 11.3. The van der Waals surface area contributed by atoms with Crippen LogP contribution in [0.5, 0.6) is 0 Å². The summed E-state index contributed by atoms with van der Waals surface area (Å²) in [5.41, 5.74) is 4.56. The van der Waals surface area contributed by atoms with E-state index in [1.165, 1.54) is 16.8 Å². The van der Waals surface area contributed by atoms with Crippen LogP contribution in [0.25, 0.3) is 16.9 Å². The van der Waals surface area contributed by atoms with Crippen LogP contribution >= 0.6 is 0 Å². The molecule has 2 aromatic carbocycles. The number of ether oxygens (including phenoxy) is 2. The number of hydrogen-bond donors (Lipinski definition) is 0. The molecule has 2 aliphatic heterocycles. The van der Waals surface area contributed by atoms with E-state index in [0.29, 0.717) is 56.2 Å². The topological polar surface area (TPSA) is 99.7 Å². The Morgan fingerprint density at radius 3 is 2.44 bits per heavy atom. The van der Waals surface area contributed by atoms with Crippen molar-refractivity contribution in [3.63, 3.8) is 0 Å². The molecule has 0 saturated carbocycles. The van der Waals surface area contributed by atoms with Gasteiger partial charge in [0.1, 0.15) is 5.69 Å². The monoisotopic (exact) mass is 462 g/mol. The Balaban J connectivity index is 1.52. The Morgan fingerprint density at radius 2 is 1.76 bits per heavy atom. The van der Waals surface area contributed by atoms with Gasteiger partial charge in [0.2, 0.25) is 0 Å². The van der Waals surface area contributed by atoms with E-state index in [9.17, 15) is 14.9 Å². The van der Waals surface area contributed by atoms with Gasteiger partial charge >= 0.3 is 0 Å². The van der Waals surface area contributed by atoms with E-state index in [1.807, 2.05) is 32.0 Å². The fraction of sp³-hybridized carbons (Fsp3) is 0.360. The van der Waals surface area contributed by atoms with Crippen LogP contribution in [0.1, 0.15) is 34.5 Å². The molecule has 1 spiro atoms. The van der Waals surface area contributed by atoms with Gasteiger partial charge in [-0.25, -0.2) is 4.68 Å². The summed E-state index contributed by atoms with van der Waals surface area (Å²) in [5, 5.41) is 16.1. The van der Waals surface area contributed by atoms with Gasteiger partial charge in [-0.1, -0.05) is 18.2 Å². The minimum atomic E-state index is -0.582. The maximum absolute atomic E-state index is 13.6. The molecule has 0 radical (unpaired) electrons. The summed E-state index contributed by atoms with van der Waals surface area (Å²) in [6, 6.07) is 13.9. The number of benzene rings is 2. The molecule has 0 aliphatic carbocycles. The number of non-ortho nitro benzene ring substituents is 1. The second-order valence-electron chi connectivity index (χ2n) is 8.80. The second kappa shape index (κ2) is 8.66. The number of carbonyl (C=O) groups excluding carboxylic acids is 1. The van der Waals surface area contributed by atoms with E-state index in [2.05, 4.69) is 0 Å². The highest BCUT2D eigenvalue weighted by Gasteiger charge is 2.41. The molecule has 3 aromatic rings. The van der Waals surface area contributed by atoms with E-state index in [-0.39, 0.29) is 11.6 Å². The van der Waals surface area contributed by atoms with E-state index >= 15 is 0 Å². The number of rotatable bonds is 4. The van der Waals surface area contributed by atoms with E-state index in [1.54, 1.807) is 23.1 Å². The summed E-state index contributed by atoms with van der Waals surface area (Å²) in [7, 11) is 0. The lowest BCUT2D eigenvalue weighted by Crippen LogP contribution is -2.47. The molecule has 0 unspecified atom stereocenters. The molecule has 2 saturated heterocycles. The fourth-order valence-electron chi connectivity index (χ4n) is 4.51. The van der Waals surface area contributed by atoms with Crippen molar-refractivity contribution in [1.29, 1.82) is 0 Å². The standard InChI is InChI=1S/C25H26N4O5/c1-17-6-7-19(14-18(17)2)22-16-23(28(26-22)20-4-3-5-21(15-20)29(31)32)24(30)27-10-8-25(9-11-27)33-12-13-34-25/h3-7,14-16H,8-13H2,1-2H3. The van der Waals surface area contributed by atoms with Gasteiger partial charge in [-0.2, -0.15) is 5.10 Å². The van der Waals surface area contributed by atoms with Crippen molar-refractivity contribution in [2.24, 2.45) is 0 Å². The molecule has 1 amide bonds. The summed E-state index contributed by atoms with van der Waals surface area (Å²) in [5.74, 6) is -0.760. The fourth-order valence-corrected chi connectivity index (χ4v) is 4.51. The Bertz CT molecular complexity index is 1250. The van der Waals surface area contributed by atoms with Crippen molar-refractivity contribution in [2.45, 2.75) is 32.5 Å². The molecule has 34 heavy (non-hydrogen) atoms. The Kier molecular flexibility index (Phi) is 5.66. The first kappa shape index (κ1) is 22.2. The number of nitrogens with zero attached hydrogens (tertiary/aromatic N) is 4. The number of likely N-dealkylation sites (tertiary alicyclic amines) is 1. The third kappa shape index (κ3) is 4.08. The lowest BCUT2D eigenvalue weighted by molar-refractivity contribution is -0.384. The zero-order valence-electron chi connectivity index (χ0n) is 19.2. The van der Waals surface area contributed by atoms with Crippen molar-refractivity contribution in [3.05, 3.63) is 75.5 Å². The van der Waals surface area contributed by atoms with E-state index < -0.39 is 10.7 Å². The van der Waals surface area contributed by atoms with Crippen LogP contribution in [0, 0.1) is 24.0 Å². The number of nitro benzene ring substituents is 1. The van der Waals surface area contributed by atoms with E-state index in [0.717, 1.165) is 16.7 Å². The van der Waals surface area contributed by atoms with Gasteiger partial charge in [0.05, 0.1) is 29.5 Å². The Labute approximate surface area is 197 Å². The van der Waals surface area contributed by atoms with Crippen LogP contribution < -0.4 is 0 Å². The Hall–Kier alpha value is -3.56. The average molecular weight is 463 g/mol. The molecular formula is C25H26N4O5.